The molecule has 4 bridgehead atoms. The van der Waals surface area contributed by atoms with Gasteiger partial charge in [0.25, 0.3) is 0 Å². The molecule has 5 nitrogen and oxygen atoms in total. The first-order valence-corrected chi connectivity index (χ1v) is 12.6. The van der Waals surface area contributed by atoms with Crippen molar-refractivity contribution in [3.05, 3.63) is 72.7 Å². The van der Waals surface area contributed by atoms with Gasteiger partial charge in [-0.25, -0.2) is 0 Å². The summed E-state index contributed by atoms with van der Waals surface area (Å²) in [5.74, 6) is 3.41. The number of benzene rings is 1. The van der Waals surface area contributed by atoms with Crippen molar-refractivity contribution in [3.63, 3.8) is 0 Å². The predicted octanol–water partition coefficient (Wildman–Crippen LogP) is 5.28. The summed E-state index contributed by atoms with van der Waals surface area (Å²) in [4.78, 5) is 17.5. The van der Waals surface area contributed by atoms with Gasteiger partial charge in [-0.1, -0.05) is 12.7 Å². The largest absolute Gasteiger partial charge is 0.490 e. The third-order valence-electron chi connectivity index (χ3n) is 8.20. The summed E-state index contributed by atoms with van der Waals surface area (Å²) in [6.07, 6.45) is 15.6. The zero-order valence-corrected chi connectivity index (χ0v) is 19.7. The lowest BCUT2D eigenvalue weighted by Crippen LogP contribution is -2.60. The Morgan fingerprint density at radius 1 is 1.12 bits per heavy atom. The van der Waals surface area contributed by atoms with Crippen LogP contribution in [0.4, 0.5) is 0 Å². The molecule has 0 unspecified atom stereocenters. The summed E-state index contributed by atoms with van der Waals surface area (Å²) in [5.41, 5.74) is 3.39. The highest BCUT2D eigenvalue weighted by molar-refractivity contribution is 5.90. The van der Waals surface area contributed by atoms with E-state index in [1.807, 2.05) is 30.6 Å². The molecule has 176 valence electrons. The number of carbonyl (C=O) groups excluding carboxylic acids is 1. The van der Waals surface area contributed by atoms with E-state index in [-0.39, 0.29) is 11.4 Å². The molecule has 1 aromatic carbocycles. The Hall–Kier alpha value is -3.08. The molecule has 0 radical (unpaired) electrons. The van der Waals surface area contributed by atoms with Crippen molar-refractivity contribution in [2.45, 2.75) is 57.0 Å². The molecular weight excluding hydrogens is 422 g/mol. The Morgan fingerprint density at radius 2 is 1.82 bits per heavy atom. The summed E-state index contributed by atoms with van der Waals surface area (Å²) in [6, 6.07) is 10.2. The molecule has 4 aliphatic rings. The van der Waals surface area contributed by atoms with Gasteiger partial charge in [-0.05, 0) is 97.7 Å². The number of nitrogens with one attached hydrogen (secondary N) is 1. The molecule has 1 amide bonds. The van der Waals surface area contributed by atoms with E-state index in [1.54, 1.807) is 6.08 Å². The fourth-order valence-corrected chi connectivity index (χ4v) is 7.33. The summed E-state index contributed by atoms with van der Waals surface area (Å²) in [7, 11) is 0. The normalized spacial score (nSPS) is 27.1. The number of amides is 1. The highest BCUT2D eigenvalue weighted by Crippen LogP contribution is 2.55. The van der Waals surface area contributed by atoms with Crippen molar-refractivity contribution >= 4 is 16.8 Å². The van der Waals surface area contributed by atoms with Crippen LogP contribution in [0.2, 0.25) is 0 Å². The van der Waals surface area contributed by atoms with Gasteiger partial charge < -0.3 is 14.6 Å². The number of fused-ring (bicyclic) bond motifs is 1. The minimum absolute atomic E-state index is 0.0411. The van der Waals surface area contributed by atoms with Crippen molar-refractivity contribution in [2.24, 2.45) is 17.8 Å². The molecule has 0 saturated heterocycles. The number of nitrogens with zero attached hydrogens (tertiary/aromatic N) is 2. The number of pyridine rings is 1. The van der Waals surface area contributed by atoms with Crippen LogP contribution in [0.1, 0.15) is 49.7 Å². The number of rotatable bonds is 8. The Morgan fingerprint density at radius 3 is 2.50 bits per heavy atom. The highest BCUT2D eigenvalue weighted by Gasteiger charge is 2.51. The van der Waals surface area contributed by atoms with Gasteiger partial charge in [-0.2, -0.15) is 0 Å². The first-order chi connectivity index (χ1) is 16.6. The van der Waals surface area contributed by atoms with Crippen LogP contribution in [0.3, 0.4) is 0 Å². The van der Waals surface area contributed by atoms with Crippen molar-refractivity contribution in [1.82, 2.24) is 14.9 Å². The van der Waals surface area contributed by atoms with Crippen LogP contribution in [0.25, 0.3) is 10.9 Å². The van der Waals surface area contributed by atoms with Crippen LogP contribution in [0.15, 0.2) is 61.6 Å². The quantitative estimate of drug-likeness (QED) is 0.471. The lowest BCUT2D eigenvalue weighted by molar-refractivity contribution is -0.126. The van der Waals surface area contributed by atoms with Crippen molar-refractivity contribution < 1.29 is 9.53 Å². The Balaban J connectivity index is 1.27. The molecule has 4 fully saturated rings. The molecule has 7 rings (SSSR count). The molecule has 4 saturated carbocycles. The van der Waals surface area contributed by atoms with Gasteiger partial charge in [0.15, 0.2) is 0 Å². The third-order valence-corrected chi connectivity index (χ3v) is 8.20. The van der Waals surface area contributed by atoms with E-state index in [2.05, 4.69) is 39.8 Å². The number of carbonyl (C=O) groups is 1. The van der Waals surface area contributed by atoms with E-state index in [0.717, 1.165) is 46.5 Å². The van der Waals surface area contributed by atoms with E-state index in [1.165, 1.54) is 44.1 Å². The van der Waals surface area contributed by atoms with Crippen molar-refractivity contribution in [2.75, 3.05) is 6.61 Å². The molecule has 1 N–H and O–H groups in total. The fraction of sp³-hybridized carbons (Fsp3) is 0.448. The Labute approximate surface area is 201 Å². The van der Waals surface area contributed by atoms with E-state index in [9.17, 15) is 4.79 Å². The number of ether oxygens (including phenoxy) is 1. The van der Waals surface area contributed by atoms with Gasteiger partial charge in [0.05, 0.1) is 6.42 Å². The van der Waals surface area contributed by atoms with E-state index >= 15 is 0 Å². The monoisotopic (exact) mass is 455 g/mol. The third kappa shape index (κ3) is 4.13. The van der Waals surface area contributed by atoms with Crippen LogP contribution in [0, 0.1) is 17.8 Å². The zero-order chi connectivity index (χ0) is 23.1. The SMILES string of the molecule is C=CCOc1ccc2c(c1)c(CC(=O)NC13CC4CC(CC(C4)C1)C3)cn2Cc1ccncc1. The van der Waals surface area contributed by atoms with Gasteiger partial charge in [-0.3, -0.25) is 9.78 Å². The maximum atomic E-state index is 13.4. The molecule has 2 heterocycles. The van der Waals surface area contributed by atoms with Gasteiger partial charge in [0, 0.05) is 41.6 Å². The second-order valence-corrected chi connectivity index (χ2v) is 10.8. The average Bonchev–Trinajstić information content (AvgIpc) is 3.13. The molecule has 34 heavy (non-hydrogen) atoms. The van der Waals surface area contributed by atoms with E-state index in [4.69, 9.17) is 4.74 Å². The molecule has 0 aliphatic heterocycles. The van der Waals surface area contributed by atoms with E-state index < -0.39 is 0 Å². The zero-order valence-electron chi connectivity index (χ0n) is 19.7. The van der Waals surface area contributed by atoms with Crippen LogP contribution >= 0.6 is 0 Å². The summed E-state index contributed by atoms with van der Waals surface area (Å²) < 4.78 is 8.04. The second kappa shape index (κ2) is 8.61. The van der Waals surface area contributed by atoms with Gasteiger partial charge in [0.2, 0.25) is 5.91 Å². The second-order valence-electron chi connectivity index (χ2n) is 10.8. The standard InChI is InChI=1S/C29H33N3O2/c1-2-9-34-25-3-4-27-26(14-25)24(19-32(27)18-20-5-7-30-8-6-20)13-28(33)31-29-15-21-10-22(16-29)12-23(11-21)17-29/h2-8,14,19,21-23H,1,9-13,15-18H2,(H,31,33). The summed E-state index contributed by atoms with van der Waals surface area (Å²) in [5, 5.41) is 4.62. The first kappa shape index (κ1) is 21.5. The topological polar surface area (TPSA) is 56.1 Å². The lowest BCUT2D eigenvalue weighted by atomic mass is 9.53. The Bertz CT molecular complexity index is 1180. The minimum Gasteiger partial charge on any atom is -0.490 e. The molecule has 5 heteroatoms. The molecule has 2 aromatic heterocycles. The lowest BCUT2D eigenvalue weighted by Gasteiger charge is -2.56. The van der Waals surface area contributed by atoms with Crippen LogP contribution in [-0.4, -0.2) is 27.6 Å². The maximum absolute atomic E-state index is 13.4. The van der Waals surface area contributed by atoms with Crippen molar-refractivity contribution in [3.8, 4) is 5.75 Å². The average molecular weight is 456 g/mol. The van der Waals surface area contributed by atoms with Crippen LogP contribution < -0.4 is 10.1 Å². The van der Waals surface area contributed by atoms with Crippen LogP contribution in [-0.2, 0) is 17.8 Å². The molecule has 0 spiro atoms. The summed E-state index contributed by atoms with van der Waals surface area (Å²) in [6.45, 7) is 4.95. The Kier molecular flexibility index (Phi) is 5.43. The number of aromatic nitrogens is 2. The molecule has 3 aromatic rings. The molecule has 4 aliphatic carbocycles. The van der Waals surface area contributed by atoms with Crippen molar-refractivity contribution in [1.29, 1.82) is 0 Å². The van der Waals surface area contributed by atoms with Crippen LogP contribution in [0.5, 0.6) is 5.75 Å². The highest BCUT2D eigenvalue weighted by atomic mass is 16.5. The number of hydrogen-bond donors (Lipinski definition) is 1. The smallest absolute Gasteiger partial charge is 0.224 e. The van der Waals surface area contributed by atoms with Gasteiger partial charge in [0.1, 0.15) is 12.4 Å². The van der Waals surface area contributed by atoms with E-state index in [0.29, 0.717) is 13.0 Å². The fourth-order valence-electron chi connectivity index (χ4n) is 7.33. The molecular formula is C29H33N3O2. The van der Waals surface area contributed by atoms with Gasteiger partial charge in [-0.15, -0.1) is 0 Å². The first-order valence-electron chi connectivity index (χ1n) is 12.6. The predicted molar refractivity (Wildman–Crippen MR) is 134 cm³/mol. The number of hydrogen-bond acceptors (Lipinski definition) is 3. The maximum Gasteiger partial charge on any atom is 0.224 e. The molecule has 0 atom stereocenters. The summed E-state index contributed by atoms with van der Waals surface area (Å²) >= 11 is 0. The minimum atomic E-state index is 0.0411. The van der Waals surface area contributed by atoms with Gasteiger partial charge >= 0.3 is 0 Å².